The molecule has 4 heteroatoms. The van der Waals surface area contributed by atoms with E-state index in [1.807, 2.05) is 0 Å². The smallest absolute Gasteiger partial charge is 0.292 e. The molecule has 0 aliphatic heterocycles. The Kier molecular flexibility index (Phi) is 2.67. The number of rotatable bonds is 2. The fraction of sp³-hybridized carbons (Fsp3) is 0. The van der Waals surface area contributed by atoms with Crippen LogP contribution in [0.5, 0.6) is 5.75 Å². The molecule has 1 aromatic rings. The fourth-order valence-corrected chi connectivity index (χ4v) is 0.877. The molecule has 0 aliphatic carbocycles. The average molecular weight is 182 g/mol. The maximum atomic E-state index is 10.3. The largest absolute Gasteiger partial charge is 0.386 e. The second kappa shape index (κ2) is 3.74. The lowest BCUT2D eigenvalue weighted by atomic mass is 10.2. The Morgan fingerprint density at radius 3 is 2.92 bits per heavy atom. The zero-order chi connectivity index (χ0) is 8.97. The lowest BCUT2D eigenvalue weighted by Gasteiger charge is -1.98. The molecular weight excluding hydrogens is 178 g/mol. The first-order valence-corrected chi connectivity index (χ1v) is 3.46. The number of nitriles is 1. The van der Waals surface area contributed by atoms with E-state index in [2.05, 4.69) is 4.74 Å². The number of benzene rings is 1. The van der Waals surface area contributed by atoms with E-state index < -0.39 is 0 Å². The predicted molar refractivity (Wildman–Crippen MR) is 43.1 cm³/mol. The summed E-state index contributed by atoms with van der Waals surface area (Å²) in [7, 11) is 0. The molecule has 1 rings (SSSR count). The number of hydrogen-bond donors (Lipinski definition) is 0. The summed E-state index contributed by atoms with van der Waals surface area (Å²) in [6, 6.07) is 4.44. The first-order valence-electron chi connectivity index (χ1n) is 3.08. The van der Waals surface area contributed by atoms with Crippen molar-refractivity contribution in [3.05, 3.63) is 28.8 Å². The molecule has 0 bridgehead atoms. The van der Waals surface area contributed by atoms with E-state index in [0.29, 0.717) is 16.9 Å². The minimum absolute atomic E-state index is 0.198. The Morgan fingerprint density at radius 2 is 2.33 bits per heavy atom. The van der Waals surface area contributed by atoms with Gasteiger partial charge in [-0.05, 0) is 18.2 Å². The van der Waals surface area contributed by atoms with Gasteiger partial charge < -0.3 is 4.74 Å². The first kappa shape index (κ1) is 8.57. The Labute approximate surface area is 74.1 Å². The van der Waals surface area contributed by atoms with Gasteiger partial charge in [0.25, 0.3) is 6.26 Å². The third-order valence-electron chi connectivity index (χ3n) is 1.25. The molecule has 0 radical (unpaired) electrons. The molecule has 0 aromatic heterocycles. The van der Waals surface area contributed by atoms with Crippen LogP contribution in [0.15, 0.2) is 18.2 Å². The van der Waals surface area contributed by atoms with E-state index in [1.54, 1.807) is 6.07 Å². The number of nitrogens with zero attached hydrogens (tertiary/aromatic N) is 1. The van der Waals surface area contributed by atoms with E-state index in [-0.39, 0.29) is 5.75 Å². The van der Waals surface area contributed by atoms with Crippen molar-refractivity contribution in [3.8, 4) is 12.0 Å². The van der Waals surface area contributed by atoms with Crippen LogP contribution in [0, 0.1) is 11.5 Å². The van der Waals surface area contributed by atoms with Crippen LogP contribution >= 0.6 is 11.6 Å². The summed E-state index contributed by atoms with van der Waals surface area (Å²) in [6.07, 6.45) is 2.13. The maximum Gasteiger partial charge on any atom is 0.292 e. The van der Waals surface area contributed by atoms with Crippen LogP contribution in [0.25, 0.3) is 0 Å². The maximum absolute atomic E-state index is 10.3. The van der Waals surface area contributed by atoms with E-state index in [0.717, 1.165) is 0 Å². The van der Waals surface area contributed by atoms with Crippen molar-refractivity contribution in [2.45, 2.75) is 0 Å². The lowest BCUT2D eigenvalue weighted by molar-refractivity contribution is 0.112. The summed E-state index contributed by atoms with van der Waals surface area (Å²) in [6.45, 7) is 0. The Morgan fingerprint density at radius 1 is 1.58 bits per heavy atom. The molecule has 0 saturated carbocycles. The predicted octanol–water partition coefficient (Wildman–Crippen LogP) is 2.01. The second-order valence-electron chi connectivity index (χ2n) is 2.00. The molecule has 0 saturated heterocycles. The van der Waals surface area contributed by atoms with Gasteiger partial charge in [-0.3, -0.25) is 4.79 Å². The Balaban J connectivity index is 3.09. The van der Waals surface area contributed by atoms with Crippen molar-refractivity contribution in [2.75, 3.05) is 0 Å². The van der Waals surface area contributed by atoms with Gasteiger partial charge in [0, 0.05) is 5.56 Å². The van der Waals surface area contributed by atoms with Gasteiger partial charge in [-0.15, -0.1) is 5.26 Å². The number of carbonyl (C=O) groups excluding carboxylic acids is 1. The van der Waals surface area contributed by atoms with Crippen molar-refractivity contribution in [2.24, 2.45) is 0 Å². The van der Waals surface area contributed by atoms with E-state index in [1.165, 1.54) is 18.4 Å². The van der Waals surface area contributed by atoms with E-state index >= 15 is 0 Å². The normalized spacial score (nSPS) is 8.67. The SMILES string of the molecule is N#COc1cc(C=O)ccc1Cl. The fourth-order valence-electron chi connectivity index (χ4n) is 0.721. The molecule has 0 heterocycles. The van der Waals surface area contributed by atoms with Crippen molar-refractivity contribution in [3.63, 3.8) is 0 Å². The Bertz CT molecular complexity index is 343. The van der Waals surface area contributed by atoms with Gasteiger partial charge in [-0.2, -0.15) is 0 Å². The number of carbonyl (C=O) groups is 1. The van der Waals surface area contributed by atoms with Crippen molar-refractivity contribution < 1.29 is 9.53 Å². The van der Waals surface area contributed by atoms with Gasteiger partial charge >= 0.3 is 0 Å². The highest BCUT2D eigenvalue weighted by Gasteiger charge is 2.01. The van der Waals surface area contributed by atoms with E-state index in [9.17, 15) is 4.79 Å². The quantitative estimate of drug-likeness (QED) is 0.518. The van der Waals surface area contributed by atoms with Gasteiger partial charge in [0.15, 0.2) is 5.75 Å². The molecule has 0 aliphatic rings. The first-order chi connectivity index (χ1) is 5.77. The zero-order valence-corrected chi connectivity index (χ0v) is 6.71. The summed E-state index contributed by atoms with van der Waals surface area (Å²) in [5.74, 6) is 0.198. The molecule has 0 atom stereocenters. The average Bonchev–Trinajstić information content (AvgIpc) is 2.09. The van der Waals surface area contributed by atoms with Crippen molar-refractivity contribution in [1.82, 2.24) is 0 Å². The monoisotopic (exact) mass is 181 g/mol. The summed E-state index contributed by atoms with van der Waals surface area (Å²) in [4.78, 5) is 10.3. The lowest BCUT2D eigenvalue weighted by Crippen LogP contribution is -1.86. The molecule has 0 amide bonds. The van der Waals surface area contributed by atoms with Crippen LogP contribution in [0.3, 0.4) is 0 Å². The van der Waals surface area contributed by atoms with Gasteiger partial charge in [0.2, 0.25) is 0 Å². The van der Waals surface area contributed by atoms with Gasteiger partial charge in [-0.25, -0.2) is 0 Å². The molecule has 0 fully saturated rings. The van der Waals surface area contributed by atoms with Gasteiger partial charge in [0.1, 0.15) is 6.29 Å². The number of aldehydes is 1. The summed E-state index contributed by atoms with van der Waals surface area (Å²) < 4.78 is 4.49. The molecule has 12 heavy (non-hydrogen) atoms. The molecular formula is C8H4ClNO2. The summed E-state index contributed by atoms with van der Waals surface area (Å²) in [5.41, 5.74) is 0.421. The highest BCUT2D eigenvalue weighted by molar-refractivity contribution is 6.32. The van der Waals surface area contributed by atoms with Crippen LogP contribution in [0.4, 0.5) is 0 Å². The molecule has 60 valence electrons. The highest BCUT2D eigenvalue weighted by Crippen LogP contribution is 2.24. The van der Waals surface area contributed by atoms with E-state index in [4.69, 9.17) is 16.9 Å². The highest BCUT2D eigenvalue weighted by atomic mass is 35.5. The van der Waals surface area contributed by atoms with Crippen LogP contribution in [0.2, 0.25) is 5.02 Å². The Hall–Kier alpha value is -1.53. The van der Waals surface area contributed by atoms with Crippen LogP contribution < -0.4 is 4.74 Å². The number of hydrogen-bond acceptors (Lipinski definition) is 3. The molecule has 1 aromatic carbocycles. The molecule has 0 unspecified atom stereocenters. The minimum atomic E-state index is 0.198. The molecule has 0 N–H and O–H groups in total. The number of ether oxygens (including phenoxy) is 1. The van der Waals surface area contributed by atoms with Crippen molar-refractivity contribution >= 4 is 17.9 Å². The number of halogens is 1. The molecule has 0 spiro atoms. The zero-order valence-electron chi connectivity index (χ0n) is 5.95. The van der Waals surface area contributed by atoms with Gasteiger partial charge in [0.05, 0.1) is 5.02 Å². The standard InChI is InChI=1S/C8H4ClNO2/c9-7-2-1-6(4-11)3-8(7)12-5-10/h1-4H. The second-order valence-corrected chi connectivity index (χ2v) is 2.41. The van der Waals surface area contributed by atoms with Crippen LogP contribution in [-0.2, 0) is 0 Å². The summed E-state index contributed by atoms with van der Waals surface area (Å²) in [5, 5.41) is 8.50. The molecule has 3 nitrogen and oxygen atoms in total. The van der Waals surface area contributed by atoms with Crippen LogP contribution in [0.1, 0.15) is 10.4 Å². The summed E-state index contributed by atoms with van der Waals surface area (Å²) >= 11 is 5.64. The van der Waals surface area contributed by atoms with Gasteiger partial charge in [-0.1, -0.05) is 11.6 Å². The third kappa shape index (κ3) is 1.74. The van der Waals surface area contributed by atoms with Crippen LogP contribution in [-0.4, -0.2) is 6.29 Å². The third-order valence-corrected chi connectivity index (χ3v) is 1.56. The minimum Gasteiger partial charge on any atom is -0.386 e. The van der Waals surface area contributed by atoms with Crippen molar-refractivity contribution in [1.29, 1.82) is 5.26 Å². The topological polar surface area (TPSA) is 50.1 Å².